The SMILES string of the molecule is CCn1ncc2scc(C(=O)O)c2c1=O. The van der Waals surface area contributed by atoms with Crippen molar-refractivity contribution >= 4 is 27.4 Å². The number of aromatic nitrogens is 2. The van der Waals surface area contributed by atoms with E-state index in [2.05, 4.69) is 5.10 Å². The number of thiophene rings is 1. The molecule has 5 nitrogen and oxygen atoms in total. The van der Waals surface area contributed by atoms with Crippen molar-refractivity contribution in [3.8, 4) is 0 Å². The van der Waals surface area contributed by atoms with Crippen LogP contribution in [0.4, 0.5) is 0 Å². The molecule has 0 aliphatic carbocycles. The van der Waals surface area contributed by atoms with Gasteiger partial charge in [0.1, 0.15) is 0 Å². The van der Waals surface area contributed by atoms with Crippen LogP contribution in [-0.4, -0.2) is 20.9 Å². The lowest BCUT2D eigenvalue weighted by molar-refractivity contribution is 0.0699. The molecule has 2 heterocycles. The van der Waals surface area contributed by atoms with Crippen LogP contribution in [-0.2, 0) is 6.54 Å². The van der Waals surface area contributed by atoms with Crippen molar-refractivity contribution in [2.45, 2.75) is 13.5 Å². The third kappa shape index (κ3) is 1.42. The Hall–Kier alpha value is -1.69. The van der Waals surface area contributed by atoms with Gasteiger partial charge in [0.05, 0.1) is 21.8 Å². The summed E-state index contributed by atoms with van der Waals surface area (Å²) in [6.07, 6.45) is 1.53. The van der Waals surface area contributed by atoms with Gasteiger partial charge in [0.25, 0.3) is 5.56 Å². The van der Waals surface area contributed by atoms with Crippen LogP contribution in [0.1, 0.15) is 17.3 Å². The molecule has 0 atom stereocenters. The zero-order valence-corrected chi connectivity index (χ0v) is 8.74. The average molecular weight is 224 g/mol. The Morgan fingerprint density at radius 1 is 1.67 bits per heavy atom. The van der Waals surface area contributed by atoms with Gasteiger partial charge >= 0.3 is 5.97 Å². The van der Waals surface area contributed by atoms with Gasteiger partial charge in [-0.1, -0.05) is 0 Å². The second kappa shape index (κ2) is 3.47. The van der Waals surface area contributed by atoms with Crippen LogP contribution in [0.2, 0.25) is 0 Å². The fourth-order valence-corrected chi connectivity index (χ4v) is 2.26. The number of nitrogens with zero attached hydrogens (tertiary/aromatic N) is 2. The molecule has 0 saturated carbocycles. The van der Waals surface area contributed by atoms with E-state index in [4.69, 9.17) is 5.11 Å². The Morgan fingerprint density at radius 2 is 2.40 bits per heavy atom. The Morgan fingerprint density at radius 3 is 3.00 bits per heavy atom. The van der Waals surface area contributed by atoms with Crippen LogP contribution in [0, 0.1) is 0 Å². The summed E-state index contributed by atoms with van der Waals surface area (Å²) in [7, 11) is 0. The zero-order valence-electron chi connectivity index (χ0n) is 7.93. The van der Waals surface area contributed by atoms with Crippen LogP contribution in [0.3, 0.4) is 0 Å². The lowest BCUT2D eigenvalue weighted by Gasteiger charge is -1.99. The summed E-state index contributed by atoms with van der Waals surface area (Å²) >= 11 is 1.22. The minimum absolute atomic E-state index is 0.0598. The molecule has 0 unspecified atom stereocenters. The predicted molar refractivity (Wildman–Crippen MR) is 56.5 cm³/mol. The van der Waals surface area contributed by atoms with Crippen molar-refractivity contribution in [3.05, 3.63) is 27.5 Å². The number of carboxylic acids is 1. The van der Waals surface area contributed by atoms with Crippen molar-refractivity contribution in [2.75, 3.05) is 0 Å². The molecule has 0 aromatic carbocycles. The van der Waals surface area contributed by atoms with Gasteiger partial charge in [-0.15, -0.1) is 11.3 Å². The quantitative estimate of drug-likeness (QED) is 0.831. The van der Waals surface area contributed by atoms with Crippen LogP contribution in [0.25, 0.3) is 10.1 Å². The molecule has 15 heavy (non-hydrogen) atoms. The largest absolute Gasteiger partial charge is 0.478 e. The smallest absolute Gasteiger partial charge is 0.337 e. The molecule has 0 aliphatic heterocycles. The van der Waals surface area contributed by atoms with Crippen molar-refractivity contribution in [3.63, 3.8) is 0 Å². The fourth-order valence-electron chi connectivity index (χ4n) is 1.37. The van der Waals surface area contributed by atoms with Gasteiger partial charge < -0.3 is 5.11 Å². The summed E-state index contributed by atoms with van der Waals surface area (Å²) in [5.74, 6) is -1.08. The van der Waals surface area contributed by atoms with Gasteiger partial charge in [0.2, 0.25) is 0 Å². The summed E-state index contributed by atoms with van der Waals surface area (Å²) < 4.78 is 1.86. The van der Waals surface area contributed by atoms with Gasteiger partial charge in [0.15, 0.2) is 0 Å². The normalized spacial score (nSPS) is 10.7. The third-order valence-corrected chi connectivity index (χ3v) is 3.03. The second-order valence-electron chi connectivity index (χ2n) is 2.96. The first-order valence-electron chi connectivity index (χ1n) is 4.35. The maximum atomic E-state index is 11.8. The summed E-state index contributed by atoms with van der Waals surface area (Å²) in [6.45, 7) is 2.22. The Bertz CT molecular complexity index is 585. The van der Waals surface area contributed by atoms with E-state index in [0.717, 1.165) is 0 Å². The van der Waals surface area contributed by atoms with Crippen LogP contribution < -0.4 is 5.56 Å². The van der Waals surface area contributed by atoms with Crippen LogP contribution in [0.15, 0.2) is 16.4 Å². The molecule has 0 bridgehead atoms. The Kier molecular flexibility index (Phi) is 2.28. The molecule has 6 heteroatoms. The lowest BCUT2D eigenvalue weighted by atomic mass is 10.2. The number of carboxylic acid groups (broad SMARTS) is 1. The first-order valence-corrected chi connectivity index (χ1v) is 5.23. The summed E-state index contributed by atoms with van der Waals surface area (Å²) in [5.41, 5.74) is -0.279. The maximum Gasteiger partial charge on any atom is 0.337 e. The maximum absolute atomic E-state index is 11.8. The topological polar surface area (TPSA) is 72.2 Å². The molecular formula is C9H8N2O3S. The summed E-state index contributed by atoms with van der Waals surface area (Å²) in [5, 5.41) is 14.5. The van der Waals surface area contributed by atoms with Crippen molar-refractivity contribution < 1.29 is 9.90 Å². The number of hydrogen-bond acceptors (Lipinski definition) is 4. The van der Waals surface area contributed by atoms with E-state index in [1.807, 2.05) is 0 Å². The highest BCUT2D eigenvalue weighted by Crippen LogP contribution is 2.21. The van der Waals surface area contributed by atoms with E-state index in [1.54, 1.807) is 6.92 Å². The summed E-state index contributed by atoms with van der Waals surface area (Å²) in [6, 6.07) is 0. The van der Waals surface area contributed by atoms with E-state index in [0.29, 0.717) is 11.2 Å². The number of aromatic carboxylic acids is 1. The van der Waals surface area contributed by atoms with Crippen molar-refractivity contribution in [2.24, 2.45) is 0 Å². The van der Waals surface area contributed by atoms with Gasteiger partial charge in [-0.2, -0.15) is 5.10 Å². The third-order valence-electron chi connectivity index (χ3n) is 2.11. The van der Waals surface area contributed by atoms with E-state index in [9.17, 15) is 9.59 Å². The molecule has 1 N–H and O–H groups in total. The van der Waals surface area contributed by atoms with Crippen molar-refractivity contribution in [1.82, 2.24) is 9.78 Å². The molecule has 2 aromatic heterocycles. The molecule has 78 valence electrons. The number of fused-ring (bicyclic) bond motifs is 1. The van der Waals surface area contributed by atoms with E-state index < -0.39 is 5.97 Å². The highest BCUT2D eigenvalue weighted by atomic mass is 32.1. The molecule has 0 radical (unpaired) electrons. The molecule has 0 amide bonds. The highest BCUT2D eigenvalue weighted by molar-refractivity contribution is 7.17. The number of aryl methyl sites for hydroxylation is 1. The Balaban J connectivity index is 2.88. The van der Waals surface area contributed by atoms with E-state index >= 15 is 0 Å². The van der Waals surface area contributed by atoms with Gasteiger partial charge in [-0.05, 0) is 6.92 Å². The number of carbonyl (C=O) groups is 1. The zero-order chi connectivity index (χ0) is 11.0. The fraction of sp³-hybridized carbons (Fsp3) is 0.222. The van der Waals surface area contributed by atoms with Gasteiger partial charge in [-0.25, -0.2) is 9.48 Å². The summed E-state index contributed by atoms with van der Waals surface area (Å²) in [4.78, 5) is 22.7. The molecule has 0 spiro atoms. The van der Waals surface area contributed by atoms with Crippen LogP contribution in [0.5, 0.6) is 0 Å². The van der Waals surface area contributed by atoms with Gasteiger partial charge in [0, 0.05) is 11.9 Å². The first kappa shape index (κ1) is 9.85. The van der Waals surface area contributed by atoms with E-state index in [-0.39, 0.29) is 16.5 Å². The number of rotatable bonds is 2. The highest BCUT2D eigenvalue weighted by Gasteiger charge is 2.15. The molecule has 0 fully saturated rings. The van der Waals surface area contributed by atoms with Crippen LogP contribution >= 0.6 is 11.3 Å². The second-order valence-corrected chi connectivity index (χ2v) is 3.87. The minimum Gasteiger partial charge on any atom is -0.478 e. The monoisotopic (exact) mass is 224 g/mol. The average Bonchev–Trinajstić information content (AvgIpc) is 2.63. The molecule has 0 aliphatic rings. The van der Waals surface area contributed by atoms with E-state index in [1.165, 1.54) is 27.6 Å². The molecule has 2 rings (SSSR count). The minimum atomic E-state index is -1.08. The first-order chi connectivity index (χ1) is 7.15. The lowest BCUT2D eigenvalue weighted by Crippen LogP contribution is -2.22. The van der Waals surface area contributed by atoms with Crippen molar-refractivity contribution in [1.29, 1.82) is 0 Å². The predicted octanol–water partition coefficient (Wildman–Crippen LogP) is 1.18. The number of hydrogen-bond donors (Lipinski definition) is 1. The van der Waals surface area contributed by atoms with Gasteiger partial charge in [-0.3, -0.25) is 4.79 Å². The standard InChI is InChI=1S/C9H8N2O3S/c1-2-11-8(12)7-5(9(13)14)4-15-6(7)3-10-11/h3-4H,2H2,1H3,(H,13,14). The molecular weight excluding hydrogens is 216 g/mol. The molecule has 0 saturated heterocycles. The Labute approximate surface area is 88.6 Å². The molecule has 2 aromatic rings.